The normalized spacial score (nSPS) is 10.9. The van der Waals surface area contributed by atoms with Crippen LogP contribution in [0.25, 0.3) is 22.6 Å². The number of carbonyl (C=O) groups is 1. The zero-order chi connectivity index (χ0) is 20.4. The molecule has 29 heavy (non-hydrogen) atoms. The summed E-state index contributed by atoms with van der Waals surface area (Å²) < 4.78 is 11.2. The third-order valence-electron chi connectivity index (χ3n) is 4.03. The van der Waals surface area contributed by atoms with Crippen molar-refractivity contribution in [1.82, 2.24) is 4.98 Å². The fraction of sp³-hybridized carbons (Fsp3) is 0.0476. The van der Waals surface area contributed by atoms with Crippen molar-refractivity contribution >= 4 is 57.5 Å². The summed E-state index contributed by atoms with van der Waals surface area (Å²) in [6, 6.07) is 17.2. The van der Waals surface area contributed by atoms with Crippen LogP contribution >= 0.6 is 34.8 Å². The van der Waals surface area contributed by atoms with E-state index >= 15 is 0 Å². The molecule has 1 heterocycles. The third-order valence-corrected chi connectivity index (χ3v) is 4.89. The quantitative estimate of drug-likeness (QED) is 0.381. The first kappa shape index (κ1) is 19.6. The Morgan fingerprint density at radius 2 is 1.83 bits per heavy atom. The first-order valence-electron chi connectivity index (χ1n) is 8.53. The van der Waals surface area contributed by atoms with Crippen LogP contribution in [0.2, 0.25) is 15.1 Å². The van der Waals surface area contributed by atoms with Gasteiger partial charge in [-0.3, -0.25) is 4.79 Å². The van der Waals surface area contributed by atoms with Gasteiger partial charge in [0.1, 0.15) is 11.3 Å². The Bertz CT molecular complexity index is 1210. The molecule has 4 aromatic rings. The number of carbonyl (C=O) groups excluding carboxylic acids is 1. The lowest BCUT2D eigenvalue weighted by atomic mass is 10.2. The Hall–Kier alpha value is -2.73. The Labute approximate surface area is 181 Å². The van der Waals surface area contributed by atoms with E-state index in [-0.39, 0.29) is 12.5 Å². The van der Waals surface area contributed by atoms with E-state index in [1.54, 1.807) is 42.5 Å². The van der Waals surface area contributed by atoms with Crippen LogP contribution in [-0.4, -0.2) is 17.5 Å². The lowest BCUT2D eigenvalue weighted by molar-refractivity contribution is -0.118. The molecule has 0 atom stereocenters. The number of oxazole rings is 1. The number of hydrogen-bond donors (Lipinski definition) is 1. The maximum absolute atomic E-state index is 12.2. The summed E-state index contributed by atoms with van der Waals surface area (Å²) in [6.45, 7) is -0.208. The van der Waals surface area contributed by atoms with Gasteiger partial charge in [0, 0.05) is 16.8 Å². The van der Waals surface area contributed by atoms with Crippen molar-refractivity contribution in [2.45, 2.75) is 0 Å². The van der Waals surface area contributed by atoms with Gasteiger partial charge in [0.15, 0.2) is 12.2 Å². The van der Waals surface area contributed by atoms with Gasteiger partial charge in [0.25, 0.3) is 5.91 Å². The molecule has 0 saturated carbocycles. The number of rotatable bonds is 5. The zero-order valence-corrected chi connectivity index (χ0v) is 17.1. The molecule has 1 aromatic heterocycles. The molecule has 4 rings (SSSR count). The first-order chi connectivity index (χ1) is 14.0. The van der Waals surface area contributed by atoms with Gasteiger partial charge in [0.2, 0.25) is 5.89 Å². The van der Waals surface area contributed by atoms with Gasteiger partial charge < -0.3 is 14.5 Å². The standard InChI is InChI=1S/C21H13Cl3N2O3/c22-12-5-8-18(16(24)9-12)28-11-20(27)25-13-6-7-17-19(10-13)29-21(26-17)14-3-1-2-4-15(14)23/h1-10H,11H2,(H,25,27). The number of nitrogens with one attached hydrogen (secondary N) is 1. The number of fused-ring (bicyclic) bond motifs is 1. The van der Waals surface area contributed by atoms with Crippen LogP contribution in [0.1, 0.15) is 0 Å². The Morgan fingerprint density at radius 3 is 2.62 bits per heavy atom. The second kappa shape index (κ2) is 8.33. The fourth-order valence-electron chi connectivity index (χ4n) is 2.68. The number of amides is 1. The number of aromatic nitrogens is 1. The molecule has 146 valence electrons. The van der Waals surface area contributed by atoms with Gasteiger partial charge in [0.05, 0.1) is 15.6 Å². The lowest BCUT2D eigenvalue weighted by Crippen LogP contribution is -2.20. The molecule has 0 aliphatic carbocycles. The van der Waals surface area contributed by atoms with Gasteiger partial charge in [-0.1, -0.05) is 46.9 Å². The molecular weight excluding hydrogens is 435 g/mol. The summed E-state index contributed by atoms with van der Waals surface area (Å²) in [5.74, 6) is 0.442. The van der Waals surface area contributed by atoms with Crippen LogP contribution in [-0.2, 0) is 4.79 Å². The Balaban J connectivity index is 1.46. The molecule has 0 spiro atoms. The van der Waals surface area contributed by atoms with Crippen LogP contribution in [0.3, 0.4) is 0 Å². The van der Waals surface area contributed by atoms with E-state index in [2.05, 4.69) is 10.3 Å². The van der Waals surface area contributed by atoms with Crippen molar-refractivity contribution in [2.75, 3.05) is 11.9 Å². The number of hydrogen-bond acceptors (Lipinski definition) is 4. The van der Waals surface area contributed by atoms with E-state index in [0.29, 0.717) is 49.1 Å². The third kappa shape index (κ3) is 4.48. The second-order valence-corrected chi connectivity index (χ2v) is 7.34. The van der Waals surface area contributed by atoms with E-state index in [1.807, 2.05) is 18.2 Å². The van der Waals surface area contributed by atoms with E-state index in [1.165, 1.54) is 0 Å². The number of anilines is 1. The summed E-state index contributed by atoms with van der Waals surface area (Å²) in [6.07, 6.45) is 0. The minimum Gasteiger partial charge on any atom is -0.482 e. The minimum atomic E-state index is -0.346. The number of nitrogens with zero attached hydrogens (tertiary/aromatic N) is 1. The average molecular weight is 448 g/mol. The molecule has 3 aromatic carbocycles. The van der Waals surface area contributed by atoms with E-state index < -0.39 is 0 Å². The average Bonchev–Trinajstić information content (AvgIpc) is 3.10. The molecular formula is C21H13Cl3N2O3. The summed E-state index contributed by atoms with van der Waals surface area (Å²) in [4.78, 5) is 16.6. The fourth-order valence-corrected chi connectivity index (χ4v) is 3.36. The molecule has 8 heteroatoms. The van der Waals surface area contributed by atoms with Crippen molar-refractivity contribution in [3.8, 4) is 17.2 Å². The van der Waals surface area contributed by atoms with Gasteiger partial charge in [-0.25, -0.2) is 4.98 Å². The van der Waals surface area contributed by atoms with Crippen LogP contribution in [0.15, 0.2) is 65.1 Å². The summed E-state index contributed by atoms with van der Waals surface area (Å²) >= 11 is 18.1. The number of halogens is 3. The molecule has 0 bridgehead atoms. The zero-order valence-electron chi connectivity index (χ0n) is 14.8. The SMILES string of the molecule is O=C(COc1ccc(Cl)cc1Cl)Nc1ccc2nc(-c3ccccc3Cl)oc2c1. The predicted octanol–water partition coefficient (Wildman–Crippen LogP) is 6.47. The molecule has 0 saturated heterocycles. The van der Waals surface area contributed by atoms with Gasteiger partial charge >= 0.3 is 0 Å². The molecule has 0 aliphatic heterocycles. The smallest absolute Gasteiger partial charge is 0.262 e. The minimum absolute atomic E-state index is 0.208. The highest BCUT2D eigenvalue weighted by Crippen LogP contribution is 2.31. The largest absolute Gasteiger partial charge is 0.482 e. The second-order valence-electron chi connectivity index (χ2n) is 6.09. The number of ether oxygens (including phenoxy) is 1. The van der Waals surface area contributed by atoms with Crippen LogP contribution in [0, 0.1) is 0 Å². The summed E-state index contributed by atoms with van der Waals surface area (Å²) in [5, 5.41) is 4.12. The Morgan fingerprint density at radius 1 is 1.00 bits per heavy atom. The monoisotopic (exact) mass is 446 g/mol. The highest BCUT2D eigenvalue weighted by molar-refractivity contribution is 6.35. The van der Waals surface area contributed by atoms with Crippen molar-refractivity contribution in [2.24, 2.45) is 0 Å². The number of benzene rings is 3. The van der Waals surface area contributed by atoms with Crippen molar-refractivity contribution in [3.05, 3.63) is 75.7 Å². The van der Waals surface area contributed by atoms with Crippen LogP contribution in [0.5, 0.6) is 5.75 Å². The topological polar surface area (TPSA) is 64.4 Å². The molecule has 0 fully saturated rings. The maximum Gasteiger partial charge on any atom is 0.262 e. The molecule has 5 nitrogen and oxygen atoms in total. The van der Waals surface area contributed by atoms with E-state index in [4.69, 9.17) is 44.0 Å². The van der Waals surface area contributed by atoms with Gasteiger partial charge in [-0.2, -0.15) is 0 Å². The van der Waals surface area contributed by atoms with Crippen molar-refractivity contribution < 1.29 is 13.9 Å². The molecule has 0 aliphatic rings. The van der Waals surface area contributed by atoms with Gasteiger partial charge in [-0.05, 0) is 42.5 Å². The lowest BCUT2D eigenvalue weighted by Gasteiger charge is -2.09. The van der Waals surface area contributed by atoms with Crippen molar-refractivity contribution in [1.29, 1.82) is 0 Å². The van der Waals surface area contributed by atoms with E-state index in [9.17, 15) is 4.79 Å². The predicted molar refractivity (Wildman–Crippen MR) is 115 cm³/mol. The molecule has 0 unspecified atom stereocenters. The molecule has 1 N–H and O–H groups in total. The Kier molecular flexibility index (Phi) is 5.62. The van der Waals surface area contributed by atoms with Crippen molar-refractivity contribution in [3.63, 3.8) is 0 Å². The van der Waals surface area contributed by atoms with E-state index in [0.717, 1.165) is 0 Å². The highest BCUT2D eigenvalue weighted by atomic mass is 35.5. The van der Waals surface area contributed by atoms with Crippen LogP contribution in [0.4, 0.5) is 5.69 Å². The van der Waals surface area contributed by atoms with Crippen LogP contribution < -0.4 is 10.1 Å². The molecule has 1 amide bonds. The highest BCUT2D eigenvalue weighted by Gasteiger charge is 2.13. The first-order valence-corrected chi connectivity index (χ1v) is 9.66. The summed E-state index contributed by atoms with van der Waals surface area (Å²) in [5.41, 5.74) is 2.43. The summed E-state index contributed by atoms with van der Waals surface area (Å²) in [7, 11) is 0. The molecule has 0 radical (unpaired) electrons. The van der Waals surface area contributed by atoms with Gasteiger partial charge in [-0.15, -0.1) is 0 Å². The maximum atomic E-state index is 12.2.